The summed E-state index contributed by atoms with van der Waals surface area (Å²) in [6, 6.07) is 4.87. The second-order valence-corrected chi connectivity index (χ2v) is 12.4. The van der Waals surface area contributed by atoms with Gasteiger partial charge in [-0.15, -0.1) is 0 Å². The second-order valence-electron chi connectivity index (χ2n) is 12.4. The van der Waals surface area contributed by atoms with Crippen molar-refractivity contribution in [2.45, 2.75) is 103 Å². The molecule has 3 rings (SSSR count). The molecule has 2 fully saturated rings. The fourth-order valence-corrected chi connectivity index (χ4v) is 5.63. The number of ether oxygens (including phenoxy) is 1. The molecule has 13 nitrogen and oxygen atoms in total. The lowest BCUT2D eigenvalue weighted by molar-refractivity contribution is -0.143. The number of hydrogen-bond acceptors (Lipinski definition) is 8. The first kappa shape index (κ1) is 36.2. The Labute approximate surface area is 269 Å². The van der Waals surface area contributed by atoms with Crippen molar-refractivity contribution in [3.63, 3.8) is 0 Å². The summed E-state index contributed by atoms with van der Waals surface area (Å²) < 4.78 is 5.23. The third kappa shape index (κ3) is 11.0. The maximum Gasteiger partial charge on any atom is 0.407 e. The predicted molar refractivity (Wildman–Crippen MR) is 168 cm³/mol. The standard InChI is InChI=1S/C33H47N5O8/c1-21(2)20-46-33(45)36-25-16-11-6-4-5-10-15-24(35-30(42)26-17-12-18-38(26)32(25)44)29(41)31(43)34-19-27(40)37-28(22(3)39)23-13-8-7-9-14-23/h7-9,13-14,21,24-26,28H,4-6,10-12,15-20H2,1-3H3,(H,34,43)(H,35,42)(H,36,45)(H,37,40)/t24?,25-,26-,28+/m0/s1. The zero-order chi connectivity index (χ0) is 33.6. The molecule has 0 spiro atoms. The summed E-state index contributed by atoms with van der Waals surface area (Å²) in [6.07, 6.45) is 4.44. The average molecular weight is 642 g/mol. The summed E-state index contributed by atoms with van der Waals surface area (Å²) in [5, 5.41) is 10.3. The Morgan fingerprint density at radius 1 is 0.935 bits per heavy atom. The van der Waals surface area contributed by atoms with Crippen molar-refractivity contribution in [2.75, 3.05) is 19.7 Å². The molecule has 13 heteroatoms. The van der Waals surface area contributed by atoms with E-state index in [1.807, 2.05) is 13.8 Å². The van der Waals surface area contributed by atoms with Crippen LogP contribution in [-0.2, 0) is 33.5 Å². The summed E-state index contributed by atoms with van der Waals surface area (Å²) in [6.45, 7) is 5.14. The maximum atomic E-state index is 13.6. The minimum absolute atomic E-state index is 0.130. The Kier molecular flexibility index (Phi) is 14.2. The average Bonchev–Trinajstić information content (AvgIpc) is 3.53. The van der Waals surface area contributed by atoms with Gasteiger partial charge in [-0.25, -0.2) is 4.79 Å². The summed E-state index contributed by atoms with van der Waals surface area (Å²) in [5.41, 5.74) is 0.584. The molecule has 0 bridgehead atoms. The zero-order valence-corrected chi connectivity index (χ0v) is 27.0. The molecule has 2 saturated heterocycles. The molecule has 5 amide bonds. The lowest BCUT2D eigenvalue weighted by atomic mass is 9.99. The Hall–Kier alpha value is -4.29. The van der Waals surface area contributed by atoms with Crippen LogP contribution < -0.4 is 21.3 Å². The van der Waals surface area contributed by atoms with Crippen molar-refractivity contribution in [3.8, 4) is 0 Å². The van der Waals surface area contributed by atoms with Crippen molar-refractivity contribution in [1.29, 1.82) is 0 Å². The van der Waals surface area contributed by atoms with Gasteiger partial charge in [-0.3, -0.25) is 28.8 Å². The topological polar surface area (TPSA) is 180 Å². The van der Waals surface area contributed by atoms with E-state index >= 15 is 0 Å². The number of Topliss-reactive ketones (excluding diaryl/α,β-unsaturated/α-hetero) is 2. The molecule has 0 saturated carbocycles. The van der Waals surface area contributed by atoms with Crippen LogP contribution in [0.4, 0.5) is 4.79 Å². The number of carbonyl (C=O) groups excluding carboxylic acids is 7. The predicted octanol–water partition coefficient (Wildman–Crippen LogP) is 2.09. The minimum atomic E-state index is -1.15. The van der Waals surface area contributed by atoms with Crippen LogP contribution in [0.25, 0.3) is 0 Å². The van der Waals surface area contributed by atoms with Gasteiger partial charge in [-0.05, 0) is 44.1 Å². The van der Waals surface area contributed by atoms with E-state index in [-0.39, 0.29) is 30.6 Å². The van der Waals surface area contributed by atoms with Gasteiger partial charge in [0.25, 0.3) is 5.91 Å². The Bertz CT molecular complexity index is 1250. The van der Waals surface area contributed by atoms with Crippen molar-refractivity contribution in [1.82, 2.24) is 26.2 Å². The molecule has 2 aliphatic rings. The fraction of sp³-hybridized carbons (Fsp3) is 0.606. The quantitative estimate of drug-likeness (QED) is 0.280. The van der Waals surface area contributed by atoms with Gasteiger partial charge in [0.2, 0.25) is 23.5 Å². The highest BCUT2D eigenvalue weighted by molar-refractivity contribution is 6.38. The van der Waals surface area contributed by atoms with Crippen LogP contribution in [-0.4, -0.2) is 84.0 Å². The van der Waals surface area contributed by atoms with E-state index in [2.05, 4.69) is 21.3 Å². The molecule has 252 valence electrons. The summed E-state index contributed by atoms with van der Waals surface area (Å²) in [7, 11) is 0. The van der Waals surface area contributed by atoms with Gasteiger partial charge in [0.1, 0.15) is 18.1 Å². The first-order valence-electron chi connectivity index (χ1n) is 16.2. The number of fused-ring (bicyclic) bond motifs is 1. The van der Waals surface area contributed by atoms with Crippen LogP contribution in [0.1, 0.15) is 90.2 Å². The first-order valence-corrected chi connectivity index (χ1v) is 16.2. The van der Waals surface area contributed by atoms with Crippen LogP contribution in [0.5, 0.6) is 0 Å². The monoisotopic (exact) mass is 641 g/mol. The number of benzene rings is 1. The van der Waals surface area contributed by atoms with Gasteiger partial charge < -0.3 is 30.9 Å². The molecule has 46 heavy (non-hydrogen) atoms. The van der Waals surface area contributed by atoms with Crippen LogP contribution in [0, 0.1) is 5.92 Å². The van der Waals surface area contributed by atoms with Crippen LogP contribution in [0.2, 0.25) is 0 Å². The number of carbonyl (C=O) groups is 7. The minimum Gasteiger partial charge on any atom is -0.449 e. The van der Waals surface area contributed by atoms with Gasteiger partial charge >= 0.3 is 6.09 Å². The maximum absolute atomic E-state index is 13.6. The molecule has 0 aromatic heterocycles. The zero-order valence-electron chi connectivity index (χ0n) is 27.0. The van der Waals surface area contributed by atoms with E-state index in [9.17, 15) is 33.6 Å². The van der Waals surface area contributed by atoms with Crippen molar-refractivity contribution >= 4 is 41.3 Å². The number of hydrogen-bond donors (Lipinski definition) is 4. The van der Waals surface area contributed by atoms with E-state index in [4.69, 9.17) is 4.74 Å². The number of nitrogens with zero attached hydrogens (tertiary/aromatic N) is 1. The van der Waals surface area contributed by atoms with Gasteiger partial charge in [0, 0.05) is 6.54 Å². The normalized spacial score (nSPS) is 21.7. The molecule has 2 heterocycles. The van der Waals surface area contributed by atoms with Crippen LogP contribution >= 0.6 is 0 Å². The van der Waals surface area contributed by atoms with Crippen LogP contribution in [0.3, 0.4) is 0 Å². The number of amides is 5. The van der Waals surface area contributed by atoms with Gasteiger partial charge in [0.15, 0.2) is 5.78 Å². The Morgan fingerprint density at radius 2 is 1.61 bits per heavy atom. The summed E-state index contributed by atoms with van der Waals surface area (Å²) >= 11 is 0. The third-order valence-corrected chi connectivity index (χ3v) is 8.07. The van der Waals surface area contributed by atoms with E-state index in [1.54, 1.807) is 30.3 Å². The summed E-state index contributed by atoms with van der Waals surface area (Å²) in [5.74, 6) is -3.70. The lowest BCUT2D eigenvalue weighted by Gasteiger charge is -2.30. The SMILES string of the molecule is CC(=O)[C@@H](NC(=O)CNC(=O)C(=O)C1CCCCCCC[C@H](NC(=O)OCC(C)C)C(=O)N2CCC[C@H]2C(=O)N1)c1ccccc1. The number of rotatable bonds is 10. The molecule has 0 radical (unpaired) electrons. The first-order chi connectivity index (χ1) is 22.0. The molecule has 4 atom stereocenters. The third-order valence-electron chi connectivity index (χ3n) is 8.07. The van der Waals surface area contributed by atoms with Crippen LogP contribution in [0.15, 0.2) is 30.3 Å². The number of alkyl carbamates (subject to hydrolysis) is 1. The molecular weight excluding hydrogens is 594 g/mol. The number of ketones is 2. The lowest BCUT2D eigenvalue weighted by Crippen LogP contribution is -2.56. The largest absolute Gasteiger partial charge is 0.449 e. The molecule has 1 unspecified atom stereocenters. The van der Waals surface area contributed by atoms with E-state index in [0.717, 1.165) is 19.3 Å². The van der Waals surface area contributed by atoms with Gasteiger partial charge in [0.05, 0.1) is 19.2 Å². The highest BCUT2D eigenvalue weighted by Crippen LogP contribution is 2.22. The fourth-order valence-electron chi connectivity index (χ4n) is 5.63. The molecule has 2 aliphatic heterocycles. The van der Waals surface area contributed by atoms with Gasteiger partial charge in [-0.1, -0.05) is 76.3 Å². The molecule has 1 aromatic rings. The molecule has 0 aliphatic carbocycles. The highest BCUT2D eigenvalue weighted by Gasteiger charge is 2.39. The Morgan fingerprint density at radius 3 is 2.28 bits per heavy atom. The van der Waals surface area contributed by atoms with Gasteiger partial charge in [-0.2, -0.15) is 0 Å². The van der Waals surface area contributed by atoms with E-state index < -0.39 is 60.3 Å². The number of nitrogens with one attached hydrogen (secondary N) is 4. The smallest absolute Gasteiger partial charge is 0.407 e. The highest BCUT2D eigenvalue weighted by atomic mass is 16.5. The molecule has 1 aromatic carbocycles. The van der Waals surface area contributed by atoms with Crippen molar-refractivity contribution in [3.05, 3.63) is 35.9 Å². The molecule has 4 N–H and O–H groups in total. The van der Waals surface area contributed by atoms with E-state index in [1.165, 1.54) is 11.8 Å². The van der Waals surface area contributed by atoms with E-state index in [0.29, 0.717) is 44.2 Å². The summed E-state index contributed by atoms with van der Waals surface area (Å²) in [4.78, 5) is 91.7. The second kappa shape index (κ2) is 18.0. The Balaban J connectivity index is 1.65. The van der Waals surface area contributed by atoms with Crippen molar-refractivity contribution < 1.29 is 38.3 Å². The molecular formula is C33H47N5O8. The van der Waals surface area contributed by atoms with Crippen molar-refractivity contribution in [2.24, 2.45) is 5.92 Å².